The molecule has 10 rings (SSSR count). The molecule has 0 aromatic heterocycles. The van der Waals surface area contributed by atoms with E-state index < -0.39 is 110 Å². The average molecular weight is 1350 g/mol. The molecule has 94 heavy (non-hydrogen) atoms. The normalized spacial score (nSPS) is 21.5. The number of aryl methyl sites for hydroxylation is 1. The predicted molar refractivity (Wildman–Crippen MR) is 366 cm³/mol. The molecule has 0 spiro atoms. The first-order valence-electron chi connectivity index (χ1n) is 32.2. The topological polar surface area (TPSA) is 211 Å². The van der Waals surface area contributed by atoms with Crippen LogP contribution in [-0.4, -0.2) is 101 Å². The number of likely N-dealkylation sites (N-methyl/N-ethyl adjacent to an activating group) is 1. The summed E-state index contributed by atoms with van der Waals surface area (Å²) in [5.74, 6) is -4.79. The van der Waals surface area contributed by atoms with Gasteiger partial charge >= 0.3 is 6.09 Å². The molecule has 0 saturated carbocycles. The largest absolute Gasteiger partial charge is 0.496 e. The number of methoxy groups -OCH3 is 3. The summed E-state index contributed by atoms with van der Waals surface area (Å²) in [4.78, 5) is 96.5. The Balaban J connectivity index is 1.37. The first-order valence-corrected chi connectivity index (χ1v) is 35.8. The third kappa shape index (κ3) is 16.2. The molecule has 5 aliphatic heterocycles. The Kier molecular flexibility index (Phi) is 22.7. The molecule has 0 fully saturated rings. The van der Waals surface area contributed by atoms with E-state index in [4.69, 9.17) is 62.6 Å². The molecule has 5 aromatic carbocycles. The van der Waals surface area contributed by atoms with Gasteiger partial charge in [0.05, 0.1) is 55.5 Å². The fraction of sp³-hybridized carbons (Fsp3) is 0.493. The molecule has 0 aliphatic carbocycles. The monoisotopic (exact) mass is 1340 g/mol. The van der Waals surface area contributed by atoms with E-state index in [0.717, 1.165) is 11.1 Å². The second-order valence-corrected chi connectivity index (χ2v) is 33.6. The Hall–Kier alpha value is -7.63. The first-order chi connectivity index (χ1) is 44.2. The van der Waals surface area contributed by atoms with Gasteiger partial charge in [0.1, 0.15) is 52.4 Å². The van der Waals surface area contributed by atoms with Crippen molar-refractivity contribution in [1.82, 2.24) is 20.9 Å². The number of ether oxygens (including phenoxy) is 6. The van der Waals surface area contributed by atoms with Crippen LogP contribution < -0.4 is 39.6 Å². The highest BCUT2D eigenvalue weighted by Crippen LogP contribution is 2.51. The average Bonchev–Trinajstić information content (AvgIpc) is 0.776. The Bertz CT molecular complexity index is 3740. The van der Waals surface area contributed by atoms with Crippen LogP contribution in [0.3, 0.4) is 0 Å². The molecule has 5 aliphatic rings. The lowest BCUT2D eigenvalue weighted by atomic mass is 9.77. The summed E-state index contributed by atoms with van der Waals surface area (Å²) in [5.41, 5.74) is 4.17. The molecular weight excluding hydrogens is 1250 g/mol. The van der Waals surface area contributed by atoms with Gasteiger partial charge < -0.3 is 53.6 Å². The van der Waals surface area contributed by atoms with E-state index in [1.54, 1.807) is 77.5 Å². The summed E-state index contributed by atoms with van der Waals surface area (Å²) in [7, 11) is 3.12. The standard InChI is InChI=1S/C73H91Cl2N5O13Si/c1-19-53-49-29-40(4)30-61(88-15)64(49)50-31-43(21-25-58(50)87-14)47-23-24-54-45-35-62(90-59-26-20-42(32-51(59)74)41(5)48(37-56(47)81)69(84)77-53)67(89-16)63(36-45)91-60-27-22-44(33-52(60)75)66(93-94(17,18)73(9,10)11)65(57(82)34-46(38-76-12)68(83)78-54)79-70(85)55(28-39(2)3)80(13)71(86)92-72(6,7)8/h20-22,25-27,29-33,35-36,39,41,46-48,53-55,65-66H,19,23-24,28,34,37-38H2,1-11,13-18H3,(H,77,84)(H,78,83)(H,79,85)/t41-,46+,47+,48+,53-,54+,55-,65+,66-/m1/s1. The van der Waals surface area contributed by atoms with Crippen molar-refractivity contribution in [1.29, 1.82) is 0 Å². The van der Waals surface area contributed by atoms with Gasteiger partial charge in [-0.05, 0) is 171 Å². The van der Waals surface area contributed by atoms with Crippen molar-refractivity contribution in [2.45, 2.75) is 181 Å². The summed E-state index contributed by atoms with van der Waals surface area (Å²) >= 11 is 14.6. The van der Waals surface area contributed by atoms with Crippen molar-refractivity contribution in [3.8, 4) is 51.4 Å². The summed E-state index contributed by atoms with van der Waals surface area (Å²) in [6.07, 6.45) is -1.99. The number of rotatable bonds is 12. The van der Waals surface area contributed by atoms with Gasteiger partial charge in [-0.3, -0.25) is 28.9 Å². The maximum Gasteiger partial charge on any atom is 0.410 e. The van der Waals surface area contributed by atoms with Gasteiger partial charge in [-0.25, -0.2) is 11.4 Å². The lowest BCUT2D eigenvalue weighted by Crippen LogP contribution is -2.56. The van der Waals surface area contributed by atoms with Crippen molar-refractivity contribution in [3.63, 3.8) is 0 Å². The smallest absolute Gasteiger partial charge is 0.410 e. The molecule has 0 saturated heterocycles. The van der Waals surface area contributed by atoms with Crippen LogP contribution in [0, 0.1) is 31.2 Å². The summed E-state index contributed by atoms with van der Waals surface area (Å²) in [5, 5.41) is 9.41. The number of hydrogen-bond donors (Lipinski definition) is 3. The van der Waals surface area contributed by atoms with Gasteiger partial charge in [-0.1, -0.05) is 95.9 Å². The van der Waals surface area contributed by atoms with E-state index in [1.807, 2.05) is 105 Å². The molecule has 21 heteroatoms. The third-order valence-corrected chi connectivity index (χ3v) is 23.7. The fourth-order valence-electron chi connectivity index (χ4n) is 12.4. The first kappa shape index (κ1) is 72.2. The second kappa shape index (κ2) is 29.6. The zero-order chi connectivity index (χ0) is 69.1. The Morgan fingerprint density at radius 2 is 1.38 bits per heavy atom. The highest BCUT2D eigenvalue weighted by Gasteiger charge is 2.46. The van der Waals surface area contributed by atoms with E-state index in [1.165, 1.54) is 19.1 Å². The van der Waals surface area contributed by atoms with E-state index >= 15 is 24.0 Å². The number of nitrogens with zero attached hydrogens (tertiary/aromatic N) is 2. The zero-order valence-electron chi connectivity index (χ0n) is 57.2. The van der Waals surface area contributed by atoms with Crippen LogP contribution in [-0.2, 0) is 33.1 Å². The minimum atomic E-state index is -2.95. The number of fused-ring (bicyclic) bond motifs is 15. The number of nitrogens with one attached hydrogen (secondary N) is 3. The van der Waals surface area contributed by atoms with Crippen LogP contribution in [0.15, 0.2) is 78.9 Å². The van der Waals surface area contributed by atoms with Crippen molar-refractivity contribution in [3.05, 3.63) is 134 Å². The minimum Gasteiger partial charge on any atom is -0.496 e. The lowest BCUT2D eigenvalue weighted by Gasteiger charge is -2.42. The molecule has 0 unspecified atom stereocenters. The molecule has 0 radical (unpaired) electrons. The van der Waals surface area contributed by atoms with Crippen LogP contribution in [0.2, 0.25) is 28.2 Å². The highest BCUT2D eigenvalue weighted by molar-refractivity contribution is 6.74. The van der Waals surface area contributed by atoms with E-state index in [2.05, 4.69) is 20.8 Å². The number of carbonyl (C=O) groups excluding carboxylic acids is 6. The SMILES string of the molecule is [C-]#[N+]C[C@@H]1CC(=O)[C@H](NC(=O)[C@@H](CC(C)C)N(C)C(=O)OC(C)(C)C)[C@H](O[Si](C)(C)C(C)(C)C)c2ccc(c(Cl)c2)Oc2cc3cc(c2OC)Oc2ccc(cc2Cl)[C@@H](C)[C@@H]2CC(=O)[C@@H](CC[C@@H]3NC1=O)c1ccc(OC)c(c1)-c1c(OC)cc(C)cc1[C@@H](CC)NC2=O. The van der Waals surface area contributed by atoms with Crippen molar-refractivity contribution in [2.75, 3.05) is 34.9 Å². The van der Waals surface area contributed by atoms with E-state index in [9.17, 15) is 4.79 Å². The zero-order valence-corrected chi connectivity index (χ0v) is 59.7. The molecule has 3 N–H and O–H groups in total. The molecular formula is C73H91Cl2N5O13Si. The van der Waals surface area contributed by atoms with E-state index in [0.29, 0.717) is 51.3 Å². The predicted octanol–water partition coefficient (Wildman–Crippen LogP) is 15.9. The highest BCUT2D eigenvalue weighted by atomic mass is 35.5. The Labute approximate surface area is 564 Å². The third-order valence-electron chi connectivity index (χ3n) is 18.6. The Morgan fingerprint density at radius 1 is 0.766 bits per heavy atom. The number of Topliss-reactive ketones (excluding diaryl/α,β-unsaturated/α-hetero) is 2. The van der Waals surface area contributed by atoms with Crippen molar-refractivity contribution in [2.24, 2.45) is 17.8 Å². The van der Waals surface area contributed by atoms with Crippen molar-refractivity contribution < 1.29 is 61.6 Å². The second-order valence-electron chi connectivity index (χ2n) is 28.0. The fourth-order valence-corrected chi connectivity index (χ4v) is 14.1. The molecule has 504 valence electrons. The quantitative estimate of drug-likeness (QED) is 0.0785. The Morgan fingerprint density at radius 3 is 1.95 bits per heavy atom. The van der Waals surface area contributed by atoms with Gasteiger partial charge in [0.25, 0.3) is 0 Å². The summed E-state index contributed by atoms with van der Waals surface area (Å²) in [6.45, 7) is 32.8. The van der Waals surface area contributed by atoms with Crippen molar-refractivity contribution >= 4 is 66.9 Å². The lowest BCUT2D eigenvalue weighted by molar-refractivity contribution is -0.135. The molecule has 9 atom stereocenters. The van der Waals surface area contributed by atoms with Gasteiger partial charge in [0, 0.05) is 36.9 Å². The van der Waals surface area contributed by atoms with Gasteiger partial charge in [0.15, 0.2) is 25.6 Å². The number of hydrogen-bond acceptors (Lipinski definition) is 13. The maximum absolute atomic E-state index is 15.8. The van der Waals surface area contributed by atoms with Crippen LogP contribution in [0.4, 0.5) is 4.79 Å². The van der Waals surface area contributed by atoms with Crippen LogP contribution in [0.5, 0.6) is 40.2 Å². The van der Waals surface area contributed by atoms with Crippen LogP contribution in [0.25, 0.3) is 16.0 Å². The number of ketones is 2. The molecule has 4 amide bonds. The number of carbonyl (C=O) groups is 6. The molecule has 5 aromatic rings. The van der Waals surface area contributed by atoms with Gasteiger partial charge in [-0.2, -0.15) is 0 Å². The molecule has 5 heterocycles. The summed E-state index contributed by atoms with van der Waals surface area (Å²) < 4.78 is 45.0. The number of benzene rings is 5. The van der Waals surface area contributed by atoms with Gasteiger partial charge in [0.2, 0.25) is 30.0 Å². The number of halogens is 2. The van der Waals surface area contributed by atoms with Crippen LogP contribution >= 0.6 is 23.2 Å². The number of amides is 4. The molecule has 18 nitrogen and oxygen atoms in total. The summed E-state index contributed by atoms with van der Waals surface area (Å²) in [6, 6.07) is 18.8. The van der Waals surface area contributed by atoms with Gasteiger partial charge in [-0.15, -0.1) is 0 Å². The van der Waals surface area contributed by atoms with E-state index in [-0.39, 0.29) is 82.1 Å². The van der Waals surface area contributed by atoms with Crippen LogP contribution in [0.1, 0.15) is 171 Å². The maximum atomic E-state index is 15.8. The molecule has 11 bridgehead atoms. The minimum absolute atomic E-state index is 0.0321.